The molecule has 0 amide bonds. The van der Waals surface area contributed by atoms with Crippen molar-refractivity contribution in [1.29, 1.82) is 0 Å². The maximum Gasteiger partial charge on any atom is 0.125 e. The number of hydrogen-bond acceptors (Lipinski definition) is 2. The fraction of sp³-hybridized carbons (Fsp3) is 0.500. The van der Waals surface area contributed by atoms with E-state index in [1.165, 1.54) is 11.1 Å². The molecule has 2 N–H and O–H groups in total. The molecule has 0 aliphatic carbocycles. The van der Waals surface area contributed by atoms with Crippen LogP contribution in [0.4, 0.5) is 0 Å². The molecule has 0 aliphatic rings. The highest BCUT2D eigenvalue weighted by atomic mass is 35.5. The minimum absolute atomic E-state index is 0. The van der Waals surface area contributed by atoms with Gasteiger partial charge in [0.25, 0.3) is 0 Å². The van der Waals surface area contributed by atoms with Crippen LogP contribution in [0.15, 0.2) is 18.2 Å². The average Bonchev–Trinajstić information content (AvgIpc) is 2.16. The second kappa shape index (κ2) is 6.70. The Balaban J connectivity index is 0.00000196. The highest BCUT2D eigenvalue weighted by Gasteiger charge is 2.05. The van der Waals surface area contributed by atoms with Crippen LogP contribution in [-0.4, -0.2) is 12.6 Å². The monoisotopic (exact) mass is 229 g/mol. The molecule has 15 heavy (non-hydrogen) atoms. The molecule has 0 saturated carbocycles. The van der Waals surface area contributed by atoms with Gasteiger partial charge in [0.15, 0.2) is 0 Å². The highest BCUT2D eigenvalue weighted by molar-refractivity contribution is 5.85. The van der Waals surface area contributed by atoms with Gasteiger partial charge in [-0.2, -0.15) is 0 Å². The van der Waals surface area contributed by atoms with E-state index in [4.69, 9.17) is 10.5 Å². The fourth-order valence-electron chi connectivity index (χ4n) is 1.34. The SMILES string of the molecule is CCC(N)COc1c(C)cccc1C.Cl. The third-order valence-electron chi connectivity index (χ3n) is 2.37. The van der Waals surface area contributed by atoms with Crippen LogP contribution in [0, 0.1) is 13.8 Å². The zero-order valence-corrected chi connectivity index (χ0v) is 10.4. The summed E-state index contributed by atoms with van der Waals surface area (Å²) in [5, 5.41) is 0. The summed E-state index contributed by atoms with van der Waals surface area (Å²) in [6, 6.07) is 6.28. The van der Waals surface area contributed by atoms with Gasteiger partial charge in [0.2, 0.25) is 0 Å². The van der Waals surface area contributed by atoms with Crippen molar-refractivity contribution in [2.45, 2.75) is 33.2 Å². The Morgan fingerprint density at radius 1 is 1.27 bits per heavy atom. The van der Waals surface area contributed by atoms with Crippen molar-refractivity contribution in [3.05, 3.63) is 29.3 Å². The zero-order valence-electron chi connectivity index (χ0n) is 9.62. The van der Waals surface area contributed by atoms with Gasteiger partial charge in [0, 0.05) is 6.04 Å². The minimum atomic E-state index is 0. The lowest BCUT2D eigenvalue weighted by Crippen LogP contribution is -2.27. The second-order valence-electron chi connectivity index (χ2n) is 3.70. The van der Waals surface area contributed by atoms with Crippen molar-refractivity contribution >= 4 is 12.4 Å². The number of halogens is 1. The van der Waals surface area contributed by atoms with Gasteiger partial charge < -0.3 is 10.5 Å². The molecular formula is C12H20ClNO. The largest absolute Gasteiger partial charge is 0.491 e. The Labute approximate surface area is 98.2 Å². The molecule has 0 fully saturated rings. The average molecular weight is 230 g/mol. The van der Waals surface area contributed by atoms with Crippen LogP contribution >= 0.6 is 12.4 Å². The normalized spacial score (nSPS) is 11.7. The van der Waals surface area contributed by atoms with E-state index in [1.807, 2.05) is 6.07 Å². The number of ether oxygens (including phenoxy) is 1. The summed E-state index contributed by atoms with van der Waals surface area (Å²) in [5.74, 6) is 0.983. The van der Waals surface area contributed by atoms with Gasteiger partial charge in [-0.3, -0.25) is 0 Å². The van der Waals surface area contributed by atoms with Gasteiger partial charge in [-0.05, 0) is 31.4 Å². The summed E-state index contributed by atoms with van der Waals surface area (Å²) in [6.07, 6.45) is 0.949. The van der Waals surface area contributed by atoms with E-state index < -0.39 is 0 Å². The van der Waals surface area contributed by atoms with Crippen LogP contribution in [0.25, 0.3) is 0 Å². The number of para-hydroxylation sites is 1. The molecule has 1 rings (SSSR count). The molecule has 0 bridgehead atoms. The third-order valence-corrected chi connectivity index (χ3v) is 2.37. The Bertz CT molecular complexity index is 281. The van der Waals surface area contributed by atoms with Crippen molar-refractivity contribution in [3.63, 3.8) is 0 Å². The van der Waals surface area contributed by atoms with E-state index in [-0.39, 0.29) is 18.4 Å². The first-order valence-electron chi connectivity index (χ1n) is 5.09. The van der Waals surface area contributed by atoms with E-state index in [9.17, 15) is 0 Å². The molecule has 1 aromatic rings. The summed E-state index contributed by atoms with van der Waals surface area (Å²) in [7, 11) is 0. The summed E-state index contributed by atoms with van der Waals surface area (Å²) < 4.78 is 5.70. The lowest BCUT2D eigenvalue weighted by molar-refractivity contribution is 0.282. The van der Waals surface area contributed by atoms with Crippen LogP contribution in [0.5, 0.6) is 5.75 Å². The van der Waals surface area contributed by atoms with Gasteiger partial charge in [-0.25, -0.2) is 0 Å². The van der Waals surface area contributed by atoms with Crippen molar-refractivity contribution in [3.8, 4) is 5.75 Å². The van der Waals surface area contributed by atoms with Gasteiger partial charge in [-0.1, -0.05) is 25.1 Å². The van der Waals surface area contributed by atoms with E-state index in [1.54, 1.807) is 0 Å². The molecule has 0 radical (unpaired) electrons. The molecule has 0 aromatic heterocycles. The number of nitrogens with two attached hydrogens (primary N) is 1. The topological polar surface area (TPSA) is 35.2 Å². The standard InChI is InChI=1S/C12H19NO.ClH/c1-4-11(13)8-14-12-9(2)6-5-7-10(12)3;/h5-7,11H,4,8,13H2,1-3H3;1H. The predicted molar refractivity (Wildman–Crippen MR) is 66.9 cm³/mol. The van der Waals surface area contributed by atoms with Gasteiger partial charge in [0.1, 0.15) is 12.4 Å². The lowest BCUT2D eigenvalue weighted by Gasteiger charge is -2.14. The summed E-state index contributed by atoms with van der Waals surface area (Å²) >= 11 is 0. The lowest BCUT2D eigenvalue weighted by atomic mass is 10.1. The Morgan fingerprint density at radius 3 is 2.27 bits per heavy atom. The Morgan fingerprint density at radius 2 is 1.80 bits per heavy atom. The zero-order chi connectivity index (χ0) is 10.6. The number of benzene rings is 1. The first-order chi connectivity index (χ1) is 6.65. The van der Waals surface area contributed by atoms with Gasteiger partial charge in [0.05, 0.1) is 0 Å². The maximum atomic E-state index is 5.80. The fourth-order valence-corrected chi connectivity index (χ4v) is 1.34. The first kappa shape index (κ1) is 14.3. The van der Waals surface area contributed by atoms with Crippen LogP contribution in [-0.2, 0) is 0 Å². The smallest absolute Gasteiger partial charge is 0.125 e. The van der Waals surface area contributed by atoms with Crippen LogP contribution in [0.3, 0.4) is 0 Å². The molecule has 2 nitrogen and oxygen atoms in total. The molecule has 0 aliphatic heterocycles. The quantitative estimate of drug-likeness (QED) is 0.862. The van der Waals surface area contributed by atoms with Crippen LogP contribution < -0.4 is 10.5 Å². The number of aryl methyl sites for hydroxylation is 2. The second-order valence-corrected chi connectivity index (χ2v) is 3.70. The molecular weight excluding hydrogens is 210 g/mol. The summed E-state index contributed by atoms with van der Waals surface area (Å²) in [5.41, 5.74) is 8.14. The third kappa shape index (κ3) is 4.10. The van der Waals surface area contributed by atoms with Crippen molar-refractivity contribution < 1.29 is 4.74 Å². The summed E-state index contributed by atoms with van der Waals surface area (Å²) in [6.45, 7) is 6.78. The molecule has 1 aromatic carbocycles. The number of hydrogen-bond donors (Lipinski definition) is 1. The first-order valence-corrected chi connectivity index (χ1v) is 5.09. The molecule has 86 valence electrons. The van der Waals surface area contributed by atoms with E-state index in [2.05, 4.69) is 32.9 Å². The molecule has 0 heterocycles. The minimum Gasteiger partial charge on any atom is -0.491 e. The molecule has 0 saturated heterocycles. The van der Waals surface area contributed by atoms with E-state index in [0.717, 1.165) is 12.2 Å². The van der Waals surface area contributed by atoms with Crippen molar-refractivity contribution in [2.75, 3.05) is 6.61 Å². The molecule has 1 atom stereocenters. The molecule has 0 spiro atoms. The van der Waals surface area contributed by atoms with Crippen LogP contribution in [0.2, 0.25) is 0 Å². The number of rotatable bonds is 4. The predicted octanol–water partition coefficient (Wildman–Crippen LogP) is 2.84. The highest BCUT2D eigenvalue weighted by Crippen LogP contribution is 2.22. The van der Waals surface area contributed by atoms with Gasteiger partial charge >= 0.3 is 0 Å². The van der Waals surface area contributed by atoms with E-state index in [0.29, 0.717) is 6.61 Å². The maximum absolute atomic E-state index is 5.80. The molecule has 1 unspecified atom stereocenters. The van der Waals surface area contributed by atoms with Crippen LogP contribution in [0.1, 0.15) is 24.5 Å². The van der Waals surface area contributed by atoms with E-state index >= 15 is 0 Å². The summed E-state index contributed by atoms with van der Waals surface area (Å²) in [4.78, 5) is 0. The Kier molecular flexibility index (Phi) is 6.37. The van der Waals surface area contributed by atoms with Gasteiger partial charge in [-0.15, -0.1) is 12.4 Å². The Hall–Kier alpha value is -0.730. The molecule has 3 heteroatoms. The van der Waals surface area contributed by atoms with Crippen molar-refractivity contribution in [1.82, 2.24) is 0 Å². The van der Waals surface area contributed by atoms with Crippen molar-refractivity contribution in [2.24, 2.45) is 5.73 Å².